The first-order valence-corrected chi connectivity index (χ1v) is 8.34. The van der Waals surface area contributed by atoms with Gasteiger partial charge < -0.3 is 9.64 Å². The lowest BCUT2D eigenvalue weighted by atomic mass is 9.90. The molecule has 1 heterocycles. The standard InChI is InChI=1S/C18H26F3NO/c1-13(2)16-15(23-3)8-7-14(17(16)18(19,20)21)9-12-22-10-5-4-6-11-22/h7-8,13H,4-6,9-12H2,1-3H3. The van der Waals surface area contributed by atoms with E-state index >= 15 is 0 Å². The Morgan fingerprint density at radius 3 is 2.30 bits per heavy atom. The molecule has 1 saturated heterocycles. The van der Waals surface area contributed by atoms with Crippen LogP contribution in [0, 0.1) is 0 Å². The number of benzene rings is 1. The second-order valence-corrected chi connectivity index (χ2v) is 6.52. The van der Waals surface area contributed by atoms with Crippen LogP contribution < -0.4 is 4.74 Å². The maximum atomic E-state index is 13.7. The zero-order chi connectivity index (χ0) is 17.0. The van der Waals surface area contributed by atoms with Gasteiger partial charge >= 0.3 is 6.18 Å². The van der Waals surface area contributed by atoms with Gasteiger partial charge in [0.25, 0.3) is 0 Å². The average molecular weight is 329 g/mol. The number of hydrogen-bond acceptors (Lipinski definition) is 2. The molecule has 1 aliphatic heterocycles. The predicted molar refractivity (Wildman–Crippen MR) is 86.1 cm³/mol. The van der Waals surface area contributed by atoms with Crippen molar-refractivity contribution in [3.05, 3.63) is 28.8 Å². The third-order valence-electron chi connectivity index (χ3n) is 4.52. The molecule has 0 amide bonds. The Morgan fingerprint density at radius 1 is 1.13 bits per heavy atom. The van der Waals surface area contributed by atoms with Gasteiger partial charge in [0.05, 0.1) is 12.7 Å². The van der Waals surface area contributed by atoms with Crippen molar-refractivity contribution in [2.45, 2.75) is 51.6 Å². The van der Waals surface area contributed by atoms with Gasteiger partial charge in [0.1, 0.15) is 5.75 Å². The monoisotopic (exact) mass is 329 g/mol. The zero-order valence-corrected chi connectivity index (χ0v) is 14.2. The van der Waals surface area contributed by atoms with Crippen LogP contribution in [0.15, 0.2) is 12.1 Å². The van der Waals surface area contributed by atoms with Crippen molar-refractivity contribution in [1.82, 2.24) is 4.90 Å². The van der Waals surface area contributed by atoms with E-state index in [4.69, 9.17) is 4.74 Å². The van der Waals surface area contributed by atoms with E-state index in [-0.39, 0.29) is 11.5 Å². The molecule has 1 aromatic rings. The van der Waals surface area contributed by atoms with Gasteiger partial charge in [-0.15, -0.1) is 0 Å². The summed E-state index contributed by atoms with van der Waals surface area (Å²) in [6.07, 6.45) is -0.410. The Labute approximate surface area is 136 Å². The number of methoxy groups -OCH3 is 1. The molecule has 0 radical (unpaired) electrons. The van der Waals surface area contributed by atoms with Gasteiger partial charge in [-0.3, -0.25) is 0 Å². The van der Waals surface area contributed by atoms with Crippen molar-refractivity contribution in [2.75, 3.05) is 26.7 Å². The Balaban J connectivity index is 2.32. The van der Waals surface area contributed by atoms with Crippen LogP contribution in [0.2, 0.25) is 0 Å². The minimum atomic E-state index is -4.36. The third-order valence-corrected chi connectivity index (χ3v) is 4.52. The molecular formula is C18H26F3NO. The third kappa shape index (κ3) is 4.40. The van der Waals surface area contributed by atoms with E-state index < -0.39 is 11.7 Å². The maximum absolute atomic E-state index is 13.7. The fourth-order valence-electron chi connectivity index (χ4n) is 3.40. The fourth-order valence-corrected chi connectivity index (χ4v) is 3.40. The van der Waals surface area contributed by atoms with Gasteiger partial charge in [-0.05, 0) is 49.9 Å². The number of rotatable bonds is 5. The van der Waals surface area contributed by atoms with E-state index in [1.54, 1.807) is 26.0 Å². The van der Waals surface area contributed by atoms with E-state index in [0.29, 0.717) is 24.3 Å². The lowest BCUT2D eigenvalue weighted by Crippen LogP contribution is -2.32. The molecule has 130 valence electrons. The summed E-state index contributed by atoms with van der Waals surface area (Å²) in [4.78, 5) is 2.27. The molecule has 0 aliphatic carbocycles. The van der Waals surface area contributed by atoms with Crippen molar-refractivity contribution in [3.63, 3.8) is 0 Å². The molecule has 0 spiro atoms. The summed E-state index contributed by atoms with van der Waals surface area (Å²) in [5, 5.41) is 0. The first kappa shape index (κ1) is 18.1. The van der Waals surface area contributed by atoms with Crippen molar-refractivity contribution in [1.29, 1.82) is 0 Å². The van der Waals surface area contributed by atoms with Crippen LogP contribution in [0.25, 0.3) is 0 Å². The summed E-state index contributed by atoms with van der Waals surface area (Å²) < 4.78 is 46.2. The molecule has 0 bridgehead atoms. The molecule has 1 fully saturated rings. The Kier molecular flexibility index (Phi) is 5.95. The lowest BCUT2D eigenvalue weighted by molar-refractivity contribution is -0.139. The van der Waals surface area contributed by atoms with Crippen molar-refractivity contribution in [2.24, 2.45) is 0 Å². The van der Waals surface area contributed by atoms with E-state index in [1.807, 2.05) is 0 Å². The highest BCUT2D eigenvalue weighted by Gasteiger charge is 2.38. The minimum absolute atomic E-state index is 0.239. The number of hydrogen-bond donors (Lipinski definition) is 0. The molecule has 1 aromatic carbocycles. The van der Waals surface area contributed by atoms with Crippen LogP contribution in [-0.2, 0) is 12.6 Å². The quantitative estimate of drug-likeness (QED) is 0.764. The number of piperidine rings is 1. The zero-order valence-electron chi connectivity index (χ0n) is 14.2. The highest BCUT2D eigenvalue weighted by Crippen LogP contribution is 2.42. The number of halogens is 3. The second kappa shape index (κ2) is 7.56. The number of ether oxygens (including phenoxy) is 1. The molecule has 0 unspecified atom stereocenters. The highest BCUT2D eigenvalue weighted by atomic mass is 19.4. The van der Waals surface area contributed by atoms with E-state index in [2.05, 4.69) is 4.90 Å². The van der Waals surface area contributed by atoms with Crippen molar-refractivity contribution < 1.29 is 17.9 Å². The molecule has 5 heteroatoms. The molecule has 0 saturated carbocycles. The van der Waals surface area contributed by atoms with Gasteiger partial charge in [-0.25, -0.2) is 0 Å². The van der Waals surface area contributed by atoms with Crippen LogP contribution in [0.4, 0.5) is 13.2 Å². The maximum Gasteiger partial charge on any atom is 0.417 e. The molecule has 2 rings (SSSR count). The van der Waals surface area contributed by atoms with Gasteiger partial charge in [-0.1, -0.05) is 26.3 Å². The first-order chi connectivity index (χ1) is 10.8. The number of likely N-dealkylation sites (tertiary alicyclic amines) is 1. The number of nitrogens with zero attached hydrogens (tertiary/aromatic N) is 1. The highest BCUT2D eigenvalue weighted by molar-refractivity contribution is 5.48. The van der Waals surface area contributed by atoms with Crippen molar-refractivity contribution >= 4 is 0 Å². The van der Waals surface area contributed by atoms with Gasteiger partial charge in [-0.2, -0.15) is 13.2 Å². The van der Waals surface area contributed by atoms with Crippen molar-refractivity contribution in [3.8, 4) is 5.75 Å². The predicted octanol–water partition coefficient (Wildman–Crippen LogP) is 4.87. The summed E-state index contributed by atoms with van der Waals surface area (Å²) in [6, 6.07) is 3.26. The molecular weight excluding hydrogens is 303 g/mol. The molecule has 0 N–H and O–H groups in total. The summed E-state index contributed by atoms with van der Waals surface area (Å²) in [6.45, 7) is 6.24. The smallest absolute Gasteiger partial charge is 0.417 e. The Hall–Kier alpha value is -1.23. The summed E-state index contributed by atoms with van der Waals surface area (Å²) >= 11 is 0. The summed E-state index contributed by atoms with van der Waals surface area (Å²) in [5.74, 6) is 0.0885. The van der Waals surface area contributed by atoms with E-state index in [9.17, 15) is 13.2 Å². The molecule has 23 heavy (non-hydrogen) atoms. The normalized spacial score (nSPS) is 16.8. The van der Waals surface area contributed by atoms with Gasteiger partial charge in [0.15, 0.2) is 0 Å². The topological polar surface area (TPSA) is 12.5 Å². The SMILES string of the molecule is COc1ccc(CCN2CCCCC2)c(C(F)(F)F)c1C(C)C. The Morgan fingerprint density at radius 2 is 1.78 bits per heavy atom. The molecule has 0 aromatic heterocycles. The van der Waals surface area contributed by atoms with Crippen LogP contribution in [0.1, 0.15) is 55.7 Å². The van der Waals surface area contributed by atoms with Crippen LogP contribution >= 0.6 is 0 Å². The fraction of sp³-hybridized carbons (Fsp3) is 0.667. The van der Waals surface area contributed by atoms with Gasteiger partial charge in [0, 0.05) is 12.1 Å². The van der Waals surface area contributed by atoms with Crippen LogP contribution in [0.3, 0.4) is 0 Å². The van der Waals surface area contributed by atoms with Gasteiger partial charge in [0.2, 0.25) is 0 Å². The minimum Gasteiger partial charge on any atom is -0.496 e. The van der Waals surface area contributed by atoms with E-state index in [1.165, 1.54) is 13.5 Å². The van der Waals surface area contributed by atoms with E-state index in [0.717, 1.165) is 25.9 Å². The summed E-state index contributed by atoms with van der Waals surface area (Å²) in [5.41, 5.74) is 0.160. The summed E-state index contributed by atoms with van der Waals surface area (Å²) in [7, 11) is 1.43. The second-order valence-electron chi connectivity index (χ2n) is 6.52. The van der Waals surface area contributed by atoms with Crippen LogP contribution in [-0.4, -0.2) is 31.6 Å². The average Bonchev–Trinajstić information content (AvgIpc) is 2.51. The molecule has 2 nitrogen and oxygen atoms in total. The Bertz CT molecular complexity index is 520. The lowest BCUT2D eigenvalue weighted by Gasteiger charge is -2.27. The molecule has 1 aliphatic rings. The number of alkyl halides is 3. The molecule has 0 atom stereocenters. The first-order valence-electron chi connectivity index (χ1n) is 8.34. The van der Waals surface area contributed by atoms with Crippen LogP contribution in [0.5, 0.6) is 5.75 Å². The largest absolute Gasteiger partial charge is 0.496 e.